The van der Waals surface area contributed by atoms with Crippen molar-refractivity contribution in [2.24, 2.45) is 0 Å². The molecule has 1 atom stereocenters. The molecule has 0 unspecified atom stereocenters. The SMILES string of the molecule is Cc1cc([C@@H](CCC(F)(F)F)N2CCNCC2)ccc1Cl.Cl. The molecule has 0 saturated carbocycles. The number of benzene rings is 1. The second-order valence-electron chi connectivity index (χ2n) is 5.46. The summed E-state index contributed by atoms with van der Waals surface area (Å²) in [7, 11) is 0. The lowest BCUT2D eigenvalue weighted by Gasteiger charge is -2.35. The van der Waals surface area contributed by atoms with Crippen molar-refractivity contribution in [1.29, 1.82) is 0 Å². The minimum Gasteiger partial charge on any atom is -0.314 e. The number of aryl methyl sites for hydroxylation is 1. The van der Waals surface area contributed by atoms with Crippen LogP contribution in [-0.4, -0.2) is 37.3 Å². The van der Waals surface area contributed by atoms with Crippen LogP contribution in [0.3, 0.4) is 0 Å². The number of alkyl halides is 3. The van der Waals surface area contributed by atoms with Gasteiger partial charge in [0.25, 0.3) is 0 Å². The third kappa shape index (κ3) is 5.61. The van der Waals surface area contributed by atoms with E-state index in [0.717, 1.165) is 37.3 Å². The lowest BCUT2D eigenvalue weighted by atomic mass is 9.98. The highest BCUT2D eigenvalue weighted by molar-refractivity contribution is 6.31. The van der Waals surface area contributed by atoms with Crippen LogP contribution in [0.4, 0.5) is 13.2 Å². The van der Waals surface area contributed by atoms with Gasteiger partial charge in [0.05, 0.1) is 0 Å². The Morgan fingerprint density at radius 2 is 1.91 bits per heavy atom. The van der Waals surface area contributed by atoms with Crippen LogP contribution in [0.25, 0.3) is 0 Å². The summed E-state index contributed by atoms with van der Waals surface area (Å²) in [5, 5.41) is 3.88. The maximum Gasteiger partial charge on any atom is 0.389 e. The molecular formula is C15H21Cl2F3N2. The van der Waals surface area contributed by atoms with Gasteiger partial charge in [0.15, 0.2) is 0 Å². The van der Waals surface area contributed by atoms with Crippen molar-refractivity contribution in [2.45, 2.75) is 32.0 Å². The van der Waals surface area contributed by atoms with E-state index in [-0.39, 0.29) is 24.9 Å². The summed E-state index contributed by atoms with van der Waals surface area (Å²) in [5.74, 6) is 0. The molecule has 0 amide bonds. The Hall–Kier alpha value is -0.490. The molecule has 1 aliphatic rings. The van der Waals surface area contributed by atoms with E-state index >= 15 is 0 Å². The standard InChI is InChI=1S/C15H20ClF3N2.ClH/c1-11-10-12(2-3-13(11)16)14(4-5-15(17,18)19)21-8-6-20-7-9-21;/h2-3,10,14,20H,4-9H2,1H3;1H/t14-;/m1./s1. The number of nitrogens with one attached hydrogen (secondary N) is 1. The summed E-state index contributed by atoms with van der Waals surface area (Å²) in [5.41, 5.74) is 1.82. The van der Waals surface area contributed by atoms with Crippen LogP contribution >= 0.6 is 24.0 Å². The van der Waals surface area contributed by atoms with Crippen LogP contribution in [0.1, 0.15) is 30.0 Å². The van der Waals surface area contributed by atoms with Gasteiger partial charge in [0.1, 0.15) is 0 Å². The van der Waals surface area contributed by atoms with Crippen molar-refractivity contribution in [3.63, 3.8) is 0 Å². The zero-order valence-electron chi connectivity index (χ0n) is 12.4. The highest BCUT2D eigenvalue weighted by atomic mass is 35.5. The van der Waals surface area contributed by atoms with Crippen molar-refractivity contribution in [3.8, 4) is 0 Å². The molecule has 0 aromatic heterocycles. The van der Waals surface area contributed by atoms with E-state index in [1.807, 2.05) is 19.1 Å². The molecule has 7 heteroatoms. The van der Waals surface area contributed by atoms with Crippen LogP contribution in [0.5, 0.6) is 0 Å². The van der Waals surface area contributed by atoms with E-state index < -0.39 is 12.6 Å². The molecule has 22 heavy (non-hydrogen) atoms. The summed E-state index contributed by atoms with van der Waals surface area (Å²) in [6, 6.07) is 5.32. The first-order valence-corrected chi connectivity index (χ1v) is 7.52. The fraction of sp³-hybridized carbons (Fsp3) is 0.600. The van der Waals surface area contributed by atoms with Crippen molar-refractivity contribution >= 4 is 24.0 Å². The summed E-state index contributed by atoms with van der Waals surface area (Å²) in [4.78, 5) is 2.13. The molecular weight excluding hydrogens is 336 g/mol. The second-order valence-corrected chi connectivity index (χ2v) is 5.87. The molecule has 0 bridgehead atoms. The third-order valence-electron chi connectivity index (χ3n) is 3.86. The maximum atomic E-state index is 12.6. The van der Waals surface area contributed by atoms with Gasteiger partial charge in [-0.2, -0.15) is 13.2 Å². The number of hydrogen-bond donors (Lipinski definition) is 1. The fourth-order valence-corrected chi connectivity index (χ4v) is 2.85. The number of piperazine rings is 1. The van der Waals surface area contributed by atoms with Crippen molar-refractivity contribution < 1.29 is 13.2 Å². The smallest absolute Gasteiger partial charge is 0.314 e. The molecule has 1 saturated heterocycles. The fourth-order valence-electron chi connectivity index (χ4n) is 2.73. The minimum absolute atomic E-state index is 0. The molecule has 2 nitrogen and oxygen atoms in total. The predicted octanol–water partition coefficient (Wildman–Crippen LogP) is 4.36. The number of nitrogens with zero attached hydrogens (tertiary/aromatic N) is 1. The molecule has 1 heterocycles. The van der Waals surface area contributed by atoms with Gasteiger partial charge in [-0.3, -0.25) is 4.90 Å². The Morgan fingerprint density at radius 3 is 2.45 bits per heavy atom. The van der Waals surface area contributed by atoms with E-state index in [1.54, 1.807) is 6.07 Å². The predicted molar refractivity (Wildman–Crippen MR) is 85.9 cm³/mol. The first kappa shape index (κ1) is 19.6. The van der Waals surface area contributed by atoms with E-state index in [0.29, 0.717) is 5.02 Å². The summed E-state index contributed by atoms with van der Waals surface area (Å²) >= 11 is 6.02. The molecule has 1 aliphatic heterocycles. The topological polar surface area (TPSA) is 15.3 Å². The Bertz CT molecular complexity index is 474. The van der Waals surface area contributed by atoms with Crippen LogP contribution in [0, 0.1) is 6.92 Å². The summed E-state index contributed by atoms with van der Waals surface area (Å²) in [6.07, 6.45) is -4.79. The lowest BCUT2D eigenvalue weighted by Crippen LogP contribution is -2.45. The van der Waals surface area contributed by atoms with E-state index in [9.17, 15) is 13.2 Å². The van der Waals surface area contributed by atoms with Gasteiger partial charge in [0.2, 0.25) is 0 Å². The van der Waals surface area contributed by atoms with Crippen molar-refractivity contribution in [2.75, 3.05) is 26.2 Å². The first-order chi connectivity index (χ1) is 9.87. The highest BCUT2D eigenvalue weighted by Crippen LogP contribution is 2.33. The Kier molecular flexibility index (Phi) is 7.46. The van der Waals surface area contributed by atoms with Crippen molar-refractivity contribution in [3.05, 3.63) is 34.3 Å². The molecule has 0 spiro atoms. The normalized spacial score (nSPS) is 17.9. The van der Waals surface area contributed by atoms with Gasteiger partial charge in [-0.15, -0.1) is 12.4 Å². The Labute approximate surface area is 140 Å². The molecule has 2 rings (SSSR count). The average Bonchev–Trinajstić information content (AvgIpc) is 2.43. The lowest BCUT2D eigenvalue weighted by molar-refractivity contribution is -0.138. The van der Waals surface area contributed by atoms with Crippen LogP contribution in [0.15, 0.2) is 18.2 Å². The molecule has 0 aliphatic carbocycles. The monoisotopic (exact) mass is 356 g/mol. The third-order valence-corrected chi connectivity index (χ3v) is 4.28. The van der Waals surface area contributed by atoms with E-state index in [4.69, 9.17) is 11.6 Å². The first-order valence-electron chi connectivity index (χ1n) is 7.14. The second kappa shape index (κ2) is 8.39. The Balaban J connectivity index is 0.00000242. The zero-order valence-corrected chi connectivity index (χ0v) is 14.0. The van der Waals surface area contributed by atoms with Crippen molar-refractivity contribution in [1.82, 2.24) is 10.2 Å². The molecule has 126 valence electrons. The largest absolute Gasteiger partial charge is 0.389 e. The molecule has 1 N–H and O–H groups in total. The highest BCUT2D eigenvalue weighted by Gasteiger charge is 2.31. The van der Waals surface area contributed by atoms with Gasteiger partial charge in [-0.05, 0) is 30.5 Å². The summed E-state index contributed by atoms with van der Waals surface area (Å²) < 4.78 is 37.8. The quantitative estimate of drug-likeness (QED) is 0.862. The maximum absolute atomic E-state index is 12.6. The van der Waals surface area contributed by atoms with Crippen LogP contribution < -0.4 is 5.32 Å². The van der Waals surface area contributed by atoms with Crippen LogP contribution in [0.2, 0.25) is 5.02 Å². The van der Waals surface area contributed by atoms with Gasteiger partial charge >= 0.3 is 6.18 Å². The summed E-state index contributed by atoms with van der Waals surface area (Å²) in [6.45, 7) is 5.04. The average molecular weight is 357 g/mol. The minimum atomic E-state index is -4.12. The van der Waals surface area contributed by atoms with Gasteiger partial charge in [0, 0.05) is 43.7 Å². The zero-order chi connectivity index (χ0) is 15.5. The van der Waals surface area contributed by atoms with Gasteiger partial charge in [-0.1, -0.05) is 23.7 Å². The van der Waals surface area contributed by atoms with E-state index in [2.05, 4.69) is 10.2 Å². The molecule has 1 fully saturated rings. The molecule has 1 aromatic rings. The van der Waals surface area contributed by atoms with Gasteiger partial charge < -0.3 is 5.32 Å². The number of halogens is 5. The number of rotatable bonds is 4. The molecule has 0 radical (unpaired) electrons. The van der Waals surface area contributed by atoms with E-state index in [1.165, 1.54) is 0 Å². The van der Waals surface area contributed by atoms with Gasteiger partial charge in [-0.25, -0.2) is 0 Å². The molecule has 1 aromatic carbocycles. The Morgan fingerprint density at radius 1 is 1.27 bits per heavy atom. The van der Waals surface area contributed by atoms with Crippen LogP contribution in [-0.2, 0) is 0 Å². The number of hydrogen-bond acceptors (Lipinski definition) is 2.